The normalized spacial score (nSPS) is 16.0. The summed E-state index contributed by atoms with van der Waals surface area (Å²) in [5, 5.41) is 11.0. The fourth-order valence-electron chi connectivity index (χ4n) is 3.08. The van der Waals surface area contributed by atoms with Crippen LogP contribution in [0.25, 0.3) is 0 Å². The van der Waals surface area contributed by atoms with E-state index in [1.54, 1.807) is 16.8 Å². The van der Waals surface area contributed by atoms with Crippen LogP contribution in [0.3, 0.4) is 0 Å². The first-order chi connectivity index (χ1) is 13.1. The van der Waals surface area contributed by atoms with Gasteiger partial charge in [0.1, 0.15) is 11.9 Å². The van der Waals surface area contributed by atoms with E-state index < -0.39 is 0 Å². The maximum Gasteiger partial charge on any atom is 0.278 e. The monoisotopic (exact) mass is 366 g/mol. The average Bonchev–Trinajstić information content (AvgIpc) is 3.12. The van der Waals surface area contributed by atoms with Crippen LogP contribution in [0.15, 0.2) is 48.5 Å². The molecule has 1 atom stereocenters. The number of halogens is 1. The van der Waals surface area contributed by atoms with Crippen LogP contribution in [-0.4, -0.2) is 20.9 Å². The lowest BCUT2D eigenvalue weighted by Crippen LogP contribution is -2.24. The molecule has 0 radical (unpaired) electrons. The maximum absolute atomic E-state index is 13.1. The number of benzene rings is 2. The first kappa shape index (κ1) is 17.4. The molecule has 1 aliphatic heterocycles. The second kappa shape index (κ2) is 7.28. The van der Waals surface area contributed by atoms with Gasteiger partial charge in [-0.1, -0.05) is 36.4 Å². The number of fused-ring (bicyclic) bond motifs is 1. The Morgan fingerprint density at radius 3 is 2.67 bits per heavy atom. The van der Waals surface area contributed by atoms with Gasteiger partial charge in [-0.2, -0.15) is 0 Å². The molecule has 1 amide bonds. The van der Waals surface area contributed by atoms with Gasteiger partial charge < -0.3 is 10.1 Å². The first-order valence-electron chi connectivity index (χ1n) is 8.83. The molecule has 0 fully saturated rings. The predicted octanol–water partition coefficient (Wildman–Crippen LogP) is 3.50. The summed E-state index contributed by atoms with van der Waals surface area (Å²) < 4.78 is 20.6. The van der Waals surface area contributed by atoms with E-state index in [1.807, 2.05) is 24.3 Å². The number of nitrogens with one attached hydrogen (secondary N) is 1. The smallest absolute Gasteiger partial charge is 0.278 e. The van der Waals surface area contributed by atoms with E-state index in [1.165, 1.54) is 17.7 Å². The molecule has 27 heavy (non-hydrogen) atoms. The van der Waals surface area contributed by atoms with E-state index in [-0.39, 0.29) is 30.1 Å². The van der Waals surface area contributed by atoms with Crippen LogP contribution < -0.4 is 5.32 Å². The Labute approximate surface area is 156 Å². The summed E-state index contributed by atoms with van der Waals surface area (Å²) >= 11 is 0. The highest BCUT2D eigenvalue weighted by molar-refractivity contribution is 6.03. The Morgan fingerprint density at radius 2 is 1.96 bits per heavy atom. The standard InChI is InChI=1S/C20H19FN4O2/c1-2-13-3-9-16(10-4-13)22-20(26)19-17-12-27-18(11-25(17)24-23-19)14-5-7-15(21)8-6-14/h3-10,18H,2,11-12H2,1H3,(H,22,26)/t18-/m1/s1. The Morgan fingerprint density at radius 1 is 1.22 bits per heavy atom. The number of anilines is 1. The molecule has 0 saturated heterocycles. The minimum atomic E-state index is -0.315. The maximum atomic E-state index is 13.1. The second-order valence-corrected chi connectivity index (χ2v) is 6.42. The number of ether oxygens (including phenoxy) is 1. The molecule has 1 aliphatic rings. The topological polar surface area (TPSA) is 69.0 Å². The van der Waals surface area contributed by atoms with Crippen molar-refractivity contribution in [2.24, 2.45) is 0 Å². The molecule has 6 nitrogen and oxygen atoms in total. The quantitative estimate of drug-likeness (QED) is 0.767. The molecule has 0 bridgehead atoms. The zero-order valence-corrected chi connectivity index (χ0v) is 14.9. The van der Waals surface area contributed by atoms with E-state index in [0.717, 1.165) is 12.0 Å². The van der Waals surface area contributed by atoms with Crippen molar-refractivity contribution in [3.05, 3.63) is 76.9 Å². The molecule has 7 heteroatoms. The van der Waals surface area contributed by atoms with Crippen LogP contribution in [0, 0.1) is 5.82 Å². The van der Waals surface area contributed by atoms with E-state index in [4.69, 9.17) is 4.74 Å². The second-order valence-electron chi connectivity index (χ2n) is 6.42. The number of carbonyl (C=O) groups excluding carboxylic acids is 1. The third kappa shape index (κ3) is 3.59. The predicted molar refractivity (Wildman–Crippen MR) is 97.7 cm³/mol. The van der Waals surface area contributed by atoms with Crippen molar-refractivity contribution in [3.63, 3.8) is 0 Å². The van der Waals surface area contributed by atoms with Crippen molar-refractivity contribution < 1.29 is 13.9 Å². The zero-order valence-electron chi connectivity index (χ0n) is 14.9. The molecule has 3 aromatic rings. The number of aryl methyl sites for hydroxylation is 1. The van der Waals surface area contributed by atoms with Crippen molar-refractivity contribution >= 4 is 11.6 Å². The fraction of sp³-hybridized carbons (Fsp3) is 0.250. The molecular formula is C20H19FN4O2. The summed E-state index contributed by atoms with van der Waals surface area (Å²) in [6.45, 7) is 2.72. The van der Waals surface area contributed by atoms with E-state index in [2.05, 4.69) is 22.6 Å². The number of amides is 1. The van der Waals surface area contributed by atoms with Crippen molar-refractivity contribution in [3.8, 4) is 0 Å². The van der Waals surface area contributed by atoms with E-state index in [9.17, 15) is 9.18 Å². The van der Waals surface area contributed by atoms with Gasteiger partial charge in [0.05, 0.1) is 18.8 Å². The molecule has 2 aromatic carbocycles. The number of hydrogen-bond acceptors (Lipinski definition) is 4. The molecule has 0 unspecified atom stereocenters. The minimum absolute atomic E-state index is 0.215. The molecule has 2 heterocycles. The fourth-order valence-corrected chi connectivity index (χ4v) is 3.08. The van der Waals surface area contributed by atoms with Gasteiger partial charge in [-0.05, 0) is 41.8 Å². The summed E-state index contributed by atoms with van der Waals surface area (Å²) in [4.78, 5) is 12.6. The first-order valence-corrected chi connectivity index (χ1v) is 8.83. The lowest BCUT2D eigenvalue weighted by molar-refractivity contribution is -0.00174. The third-order valence-electron chi connectivity index (χ3n) is 4.67. The highest BCUT2D eigenvalue weighted by atomic mass is 19.1. The van der Waals surface area contributed by atoms with Gasteiger partial charge in [-0.15, -0.1) is 5.10 Å². The van der Waals surface area contributed by atoms with Crippen molar-refractivity contribution in [1.29, 1.82) is 0 Å². The van der Waals surface area contributed by atoms with E-state index in [0.29, 0.717) is 17.9 Å². The van der Waals surface area contributed by atoms with Crippen molar-refractivity contribution in [2.45, 2.75) is 32.6 Å². The van der Waals surface area contributed by atoms with Crippen LogP contribution in [0.1, 0.15) is 40.3 Å². The third-order valence-corrected chi connectivity index (χ3v) is 4.67. The lowest BCUT2D eigenvalue weighted by atomic mass is 10.1. The Kier molecular flexibility index (Phi) is 4.68. The van der Waals surface area contributed by atoms with Crippen molar-refractivity contribution in [2.75, 3.05) is 5.32 Å². The van der Waals surface area contributed by atoms with Gasteiger partial charge in [0.2, 0.25) is 0 Å². The highest BCUT2D eigenvalue weighted by Gasteiger charge is 2.27. The Bertz CT molecular complexity index is 951. The molecule has 1 aromatic heterocycles. The lowest BCUT2D eigenvalue weighted by Gasteiger charge is -2.24. The molecule has 138 valence electrons. The largest absolute Gasteiger partial charge is 0.365 e. The van der Waals surface area contributed by atoms with Crippen molar-refractivity contribution in [1.82, 2.24) is 15.0 Å². The summed E-state index contributed by atoms with van der Waals surface area (Å²) in [6.07, 6.45) is 0.691. The van der Waals surface area contributed by atoms with Crippen LogP contribution in [0.4, 0.5) is 10.1 Å². The average molecular weight is 366 g/mol. The molecule has 0 aliphatic carbocycles. The summed E-state index contributed by atoms with van der Waals surface area (Å²) in [6, 6.07) is 13.9. The van der Waals surface area contributed by atoms with Crippen LogP contribution >= 0.6 is 0 Å². The number of nitrogens with zero attached hydrogens (tertiary/aromatic N) is 3. The Balaban J connectivity index is 1.48. The summed E-state index contributed by atoms with van der Waals surface area (Å²) in [5.74, 6) is -0.605. The molecule has 0 saturated carbocycles. The van der Waals surface area contributed by atoms with E-state index >= 15 is 0 Å². The molecule has 0 spiro atoms. The summed E-state index contributed by atoms with van der Waals surface area (Å²) in [7, 11) is 0. The molecular weight excluding hydrogens is 347 g/mol. The summed E-state index contributed by atoms with van der Waals surface area (Å²) in [5.41, 5.74) is 3.66. The SMILES string of the molecule is CCc1ccc(NC(=O)c2nnn3c2CO[C@@H](c2ccc(F)cc2)C3)cc1. The number of rotatable bonds is 4. The van der Waals surface area contributed by atoms with Gasteiger partial charge in [0.15, 0.2) is 5.69 Å². The van der Waals surface area contributed by atoms with Gasteiger partial charge >= 0.3 is 0 Å². The zero-order chi connectivity index (χ0) is 18.8. The van der Waals surface area contributed by atoms with Gasteiger partial charge in [0.25, 0.3) is 5.91 Å². The molecule has 4 rings (SSSR count). The number of carbonyl (C=O) groups is 1. The van der Waals surface area contributed by atoms with Crippen LogP contribution in [0.5, 0.6) is 0 Å². The van der Waals surface area contributed by atoms with Gasteiger partial charge in [-0.3, -0.25) is 4.79 Å². The molecule has 1 N–H and O–H groups in total. The van der Waals surface area contributed by atoms with Crippen LogP contribution in [0.2, 0.25) is 0 Å². The van der Waals surface area contributed by atoms with Crippen LogP contribution in [-0.2, 0) is 24.3 Å². The number of hydrogen-bond donors (Lipinski definition) is 1. The van der Waals surface area contributed by atoms with Gasteiger partial charge in [0, 0.05) is 5.69 Å². The highest BCUT2D eigenvalue weighted by Crippen LogP contribution is 2.27. The Hall–Kier alpha value is -3.06. The van der Waals surface area contributed by atoms with Gasteiger partial charge in [-0.25, -0.2) is 9.07 Å². The minimum Gasteiger partial charge on any atom is -0.365 e. The number of aromatic nitrogens is 3.